The van der Waals surface area contributed by atoms with E-state index in [0.717, 1.165) is 38.0 Å². The average molecular weight is 329 g/mol. The molecule has 0 bridgehead atoms. The summed E-state index contributed by atoms with van der Waals surface area (Å²) in [5, 5.41) is 13.9. The Labute approximate surface area is 141 Å². The molecule has 1 unspecified atom stereocenters. The number of piperidine rings is 1. The van der Waals surface area contributed by atoms with Crippen molar-refractivity contribution in [3.63, 3.8) is 0 Å². The molecule has 1 atom stereocenters. The van der Waals surface area contributed by atoms with Crippen LogP contribution in [0.1, 0.15) is 41.7 Å². The van der Waals surface area contributed by atoms with Gasteiger partial charge in [-0.2, -0.15) is 5.10 Å². The summed E-state index contributed by atoms with van der Waals surface area (Å²) in [5.74, 6) is -0.0246. The highest BCUT2D eigenvalue weighted by atomic mass is 16.5. The number of benzene rings is 1. The minimum Gasteiger partial charge on any atom is -0.508 e. The molecule has 0 saturated carbocycles. The lowest BCUT2D eigenvalue weighted by Crippen LogP contribution is -2.36. The summed E-state index contributed by atoms with van der Waals surface area (Å²) in [4.78, 5) is 14.1. The summed E-state index contributed by atoms with van der Waals surface area (Å²) in [6.45, 7) is 4.86. The number of rotatable bonds is 5. The van der Waals surface area contributed by atoms with Crippen molar-refractivity contribution in [3.8, 4) is 5.75 Å². The van der Waals surface area contributed by atoms with Crippen LogP contribution < -0.4 is 0 Å². The van der Waals surface area contributed by atoms with Gasteiger partial charge in [-0.25, -0.2) is 4.79 Å². The molecule has 1 saturated heterocycles. The highest BCUT2D eigenvalue weighted by molar-refractivity contribution is 5.88. The Morgan fingerprint density at radius 1 is 1.46 bits per heavy atom. The first-order valence-corrected chi connectivity index (χ1v) is 8.37. The van der Waals surface area contributed by atoms with Crippen molar-refractivity contribution >= 4 is 5.97 Å². The van der Waals surface area contributed by atoms with Crippen molar-refractivity contribution in [1.82, 2.24) is 14.7 Å². The normalized spacial score (nSPS) is 18.5. The minimum absolute atomic E-state index is 0.249. The molecular formula is C18H23N3O3. The molecule has 1 aromatic carbocycles. The van der Waals surface area contributed by atoms with Gasteiger partial charge in [0.2, 0.25) is 0 Å². The Bertz CT molecular complexity index is 698. The third-order valence-corrected chi connectivity index (χ3v) is 4.28. The van der Waals surface area contributed by atoms with E-state index in [-0.39, 0.29) is 12.0 Å². The van der Waals surface area contributed by atoms with E-state index in [1.165, 1.54) is 0 Å². The van der Waals surface area contributed by atoms with Gasteiger partial charge >= 0.3 is 5.97 Å². The summed E-state index contributed by atoms with van der Waals surface area (Å²) in [6, 6.07) is 7.63. The number of aromatic hydroxyl groups is 1. The Morgan fingerprint density at radius 3 is 3.12 bits per heavy atom. The topological polar surface area (TPSA) is 67.6 Å². The number of likely N-dealkylation sites (tertiary alicyclic amines) is 1. The van der Waals surface area contributed by atoms with E-state index in [1.807, 2.05) is 16.8 Å². The number of nitrogens with zero attached hydrogens (tertiary/aromatic N) is 3. The molecule has 1 aliphatic rings. The molecule has 0 amide bonds. The number of ether oxygens (including phenoxy) is 1. The van der Waals surface area contributed by atoms with Crippen LogP contribution in [0.15, 0.2) is 36.7 Å². The molecule has 0 aliphatic carbocycles. The zero-order chi connectivity index (χ0) is 16.9. The van der Waals surface area contributed by atoms with Gasteiger partial charge in [0.05, 0.1) is 24.4 Å². The van der Waals surface area contributed by atoms with E-state index in [9.17, 15) is 9.90 Å². The molecule has 1 N–H and O–H groups in total. The monoisotopic (exact) mass is 329 g/mol. The van der Waals surface area contributed by atoms with Crippen LogP contribution in [-0.4, -0.2) is 45.5 Å². The molecule has 6 nitrogen and oxygen atoms in total. The van der Waals surface area contributed by atoms with Crippen LogP contribution in [0.25, 0.3) is 0 Å². The molecule has 0 radical (unpaired) electrons. The van der Waals surface area contributed by atoms with Gasteiger partial charge in [-0.1, -0.05) is 12.1 Å². The van der Waals surface area contributed by atoms with E-state index >= 15 is 0 Å². The quantitative estimate of drug-likeness (QED) is 0.854. The van der Waals surface area contributed by atoms with Crippen LogP contribution in [0.5, 0.6) is 5.75 Å². The van der Waals surface area contributed by atoms with Crippen LogP contribution >= 0.6 is 0 Å². The predicted molar refractivity (Wildman–Crippen MR) is 89.8 cm³/mol. The number of aromatic nitrogens is 2. The van der Waals surface area contributed by atoms with Crippen molar-refractivity contribution in [2.45, 2.75) is 32.4 Å². The molecule has 2 heterocycles. The minimum atomic E-state index is -0.323. The van der Waals surface area contributed by atoms with Crippen molar-refractivity contribution in [3.05, 3.63) is 47.8 Å². The van der Waals surface area contributed by atoms with Crippen LogP contribution in [0, 0.1) is 0 Å². The van der Waals surface area contributed by atoms with Crippen molar-refractivity contribution in [2.24, 2.45) is 0 Å². The lowest BCUT2D eigenvalue weighted by atomic mass is 10.0. The first kappa shape index (κ1) is 16.5. The molecule has 1 fully saturated rings. The second kappa shape index (κ2) is 7.49. The summed E-state index contributed by atoms with van der Waals surface area (Å²) in [5.41, 5.74) is 1.60. The Kier molecular flexibility index (Phi) is 5.15. The van der Waals surface area contributed by atoms with Gasteiger partial charge in [0.25, 0.3) is 0 Å². The highest BCUT2D eigenvalue weighted by Crippen LogP contribution is 2.23. The number of carbonyl (C=O) groups excluding carboxylic acids is 1. The summed E-state index contributed by atoms with van der Waals surface area (Å²) in [6.07, 6.45) is 5.48. The standard InChI is InChI=1S/C18H23N3O3/c1-2-24-18(23)15-10-19-21(12-15)16-6-4-8-20(13-16)11-14-5-3-7-17(22)9-14/h3,5,7,9-10,12,16,22H,2,4,6,8,11,13H2,1H3. The Balaban J connectivity index is 1.64. The largest absolute Gasteiger partial charge is 0.508 e. The zero-order valence-corrected chi connectivity index (χ0v) is 13.9. The second-order valence-corrected chi connectivity index (χ2v) is 6.13. The van der Waals surface area contributed by atoms with Gasteiger partial charge < -0.3 is 9.84 Å². The Hall–Kier alpha value is -2.34. The van der Waals surface area contributed by atoms with Gasteiger partial charge in [0.1, 0.15) is 5.75 Å². The molecule has 128 valence electrons. The third-order valence-electron chi connectivity index (χ3n) is 4.28. The number of esters is 1. The molecule has 1 aliphatic heterocycles. The molecule has 6 heteroatoms. The van der Waals surface area contributed by atoms with Crippen LogP contribution in [-0.2, 0) is 11.3 Å². The van der Waals surface area contributed by atoms with Gasteiger partial charge in [-0.05, 0) is 44.0 Å². The zero-order valence-electron chi connectivity index (χ0n) is 13.9. The lowest BCUT2D eigenvalue weighted by molar-refractivity contribution is 0.0526. The van der Waals surface area contributed by atoms with Gasteiger partial charge in [0, 0.05) is 19.3 Å². The summed E-state index contributed by atoms with van der Waals surface area (Å²) < 4.78 is 6.89. The predicted octanol–water partition coefficient (Wildman–Crippen LogP) is 2.60. The van der Waals surface area contributed by atoms with Gasteiger partial charge in [0.15, 0.2) is 0 Å². The number of phenols is 1. The lowest BCUT2D eigenvalue weighted by Gasteiger charge is -2.32. The van der Waals surface area contributed by atoms with Crippen LogP contribution in [0.4, 0.5) is 0 Å². The fourth-order valence-corrected chi connectivity index (χ4v) is 3.16. The van der Waals surface area contributed by atoms with E-state index in [1.54, 1.807) is 31.5 Å². The maximum absolute atomic E-state index is 11.8. The molecule has 1 aromatic heterocycles. The van der Waals surface area contributed by atoms with E-state index in [4.69, 9.17) is 4.74 Å². The number of phenolic OH excluding ortho intramolecular Hbond substituents is 1. The van der Waals surface area contributed by atoms with E-state index < -0.39 is 0 Å². The molecular weight excluding hydrogens is 306 g/mol. The number of carbonyl (C=O) groups is 1. The maximum Gasteiger partial charge on any atom is 0.341 e. The smallest absolute Gasteiger partial charge is 0.341 e. The average Bonchev–Trinajstić information content (AvgIpc) is 3.05. The summed E-state index contributed by atoms with van der Waals surface area (Å²) >= 11 is 0. The van der Waals surface area contributed by atoms with E-state index in [0.29, 0.717) is 17.9 Å². The number of hydrogen-bond acceptors (Lipinski definition) is 5. The highest BCUT2D eigenvalue weighted by Gasteiger charge is 2.23. The SMILES string of the molecule is CCOC(=O)c1cnn(C2CCCN(Cc3cccc(O)c3)C2)c1. The van der Waals surface area contributed by atoms with Crippen LogP contribution in [0.3, 0.4) is 0 Å². The fourth-order valence-electron chi connectivity index (χ4n) is 3.16. The first-order valence-electron chi connectivity index (χ1n) is 8.37. The molecule has 0 spiro atoms. The van der Waals surface area contributed by atoms with Gasteiger partial charge in [-0.15, -0.1) is 0 Å². The molecule has 3 rings (SSSR count). The maximum atomic E-state index is 11.8. The van der Waals surface area contributed by atoms with Crippen molar-refractivity contribution in [2.75, 3.05) is 19.7 Å². The Morgan fingerprint density at radius 2 is 2.33 bits per heavy atom. The number of hydrogen-bond donors (Lipinski definition) is 1. The fraction of sp³-hybridized carbons (Fsp3) is 0.444. The molecule has 24 heavy (non-hydrogen) atoms. The third kappa shape index (κ3) is 3.94. The molecule has 2 aromatic rings. The van der Waals surface area contributed by atoms with Crippen molar-refractivity contribution in [1.29, 1.82) is 0 Å². The van der Waals surface area contributed by atoms with E-state index in [2.05, 4.69) is 10.00 Å². The second-order valence-electron chi connectivity index (χ2n) is 6.13. The van der Waals surface area contributed by atoms with Crippen molar-refractivity contribution < 1.29 is 14.6 Å². The summed E-state index contributed by atoms with van der Waals surface area (Å²) in [7, 11) is 0. The first-order chi connectivity index (χ1) is 11.7. The van der Waals surface area contributed by atoms with Crippen LogP contribution in [0.2, 0.25) is 0 Å². The van der Waals surface area contributed by atoms with Gasteiger partial charge in [-0.3, -0.25) is 9.58 Å².